The number of imide groups is 1. The molecule has 3 N–H and O–H groups in total. The molecule has 0 aliphatic heterocycles. The van der Waals surface area contributed by atoms with Gasteiger partial charge in [0.15, 0.2) is 0 Å². The van der Waals surface area contributed by atoms with Crippen LogP contribution >= 0.6 is 11.6 Å². The van der Waals surface area contributed by atoms with E-state index in [-0.39, 0.29) is 24.5 Å². The fraction of sp³-hybridized carbons (Fsp3) is 0.467. The van der Waals surface area contributed by atoms with Gasteiger partial charge in [0, 0.05) is 17.1 Å². The van der Waals surface area contributed by atoms with Crippen LogP contribution in [-0.2, 0) is 4.79 Å². The van der Waals surface area contributed by atoms with Crippen molar-refractivity contribution >= 4 is 23.5 Å². The second-order valence-corrected chi connectivity index (χ2v) is 5.42. The standard InChI is InChI=1S/C15H22ClN3O2/c1-4-10(2)18-15(21)19-14(20)9-17-11(3)12-6-5-7-13(16)8-12/h5-8,10-11,17H,4,9H2,1-3H3,(H2,18,19,20,21)/t10-,11-/m0/s1. The Morgan fingerprint density at radius 1 is 1.29 bits per heavy atom. The van der Waals surface area contributed by atoms with E-state index in [0.29, 0.717) is 5.02 Å². The van der Waals surface area contributed by atoms with Crippen LogP contribution in [0.15, 0.2) is 24.3 Å². The van der Waals surface area contributed by atoms with Gasteiger partial charge in [-0.1, -0.05) is 30.7 Å². The molecule has 1 aromatic rings. The summed E-state index contributed by atoms with van der Waals surface area (Å²) in [6, 6.07) is 6.96. The molecule has 0 heterocycles. The summed E-state index contributed by atoms with van der Waals surface area (Å²) in [5.74, 6) is -0.371. The van der Waals surface area contributed by atoms with Crippen LogP contribution in [-0.4, -0.2) is 24.5 Å². The van der Waals surface area contributed by atoms with Gasteiger partial charge < -0.3 is 10.6 Å². The van der Waals surface area contributed by atoms with Crippen LogP contribution in [0.3, 0.4) is 0 Å². The first-order valence-electron chi connectivity index (χ1n) is 7.01. The number of amides is 3. The molecule has 3 amide bonds. The molecule has 21 heavy (non-hydrogen) atoms. The first kappa shape index (κ1) is 17.5. The lowest BCUT2D eigenvalue weighted by atomic mass is 10.1. The third kappa shape index (κ3) is 6.60. The number of hydrogen-bond acceptors (Lipinski definition) is 3. The maximum absolute atomic E-state index is 11.7. The van der Waals surface area contributed by atoms with Gasteiger partial charge in [-0.25, -0.2) is 4.79 Å². The lowest BCUT2D eigenvalue weighted by Gasteiger charge is -2.15. The molecule has 5 nitrogen and oxygen atoms in total. The Kier molecular flexibility index (Phi) is 7.19. The minimum absolute atomic E-state index is 0.0351. The molecule has 2 atom stereocenters. The normalized spacial score (nSPS) is 13.3. The van der Waals surface area contributed by atoms with Crippen molar-refractivity contribution in [3.05, 3.63) is 34.9 Å². The van der Waals surface area contributed by atoms with Crippen LogP contribution in [0.2, 0.25) is 5.02 Å². The van der Waals surface area contributed by atoms with Gasteiger partial charge >= 0.3 is 6.03 Å². The Bertz CT molecular complexity index is 494. The van der Waals surface area contributed by atoms with E-state index in [4.69, 9.17) is 11.6 Å². The van der Waals surface area contributed by atoms with Crippen molar-refractivity contribution in [3.63, 3.8) is 0 Å². The maximum atomic E-state index is 11.7. The third-order valence-corrected chi connectivity index (χ3v) is 3.40. The molecule has 0 saturated heterocycles. The minimum atomic E-state index is -0.466. The van der Waals surface area contributed by atoms with Crippen LogP contribution < -0.4 is 16.0 Å². The molecule has 1 rings (SSSR count). The van der Waals surface area contributed by atoms with E-state index in [0.717, 1.165) is 12.0 Å². The van der Waals surface area contributed by atoms with Crippen molar-refractivity contribution < 1.29 is 9.59 Å². The van der Waals surface area contributed by atoms with E-state index in [2.05, 4.69) is 16.0 Å². The molecule has 0 aliphatic rings. The van der Waals surface area contributed by atoms with E-state index in [1.807, 2.05) is 39.0 Å². The quantitative estimate of drug-likeness (QED) is 0.756. The zero-order valence-corrected chi connectivity index (χ0v) is 13.3. The Hall–Kier alpha value is -1.59. The predicted molar refractivity (Wildman–Crippen MR) is 84.3 cm³/mol. The topological polar surface area (TPSA) is 70.2 Å². The summed E-state index contributed by atoms with van der Waals surface area (Å²) >= 11 is 5.92. The molecule has 0 spiro atoms. The second kappa shape index (κ2) is 8.64. The summed E-state index contributed by atoms with van der Waals surface area (Å²) in [4.78, 5) is 23.2. The zero-order chi connectivity index (χ0) is 15.8. The summed E-state index contributed by atoms with van der Waals surface area (Å²) in [6.07, 6.45) is 0.811. The van der Waals surface area contributed by atoms with Crippen molar-refractivity contribution in [1.82, 2.24) is 16.0 Å². The van der Waals surface area contributed by atoms with Gasteiger partial charge in [0.1, 0.15) is 0 Å². The highest BCUT2D eigenvalue weighted by Crippen LogP contribution is 2.16. The smallest absolute Gasteiger partial charge is 0.321 e. The van der Waals surface area contributed by atoms with Crippen LogP contribution in [0.25, 0.3) is 0 Å². The van der Waals surface area contributed by atoms with Gasteiger partial charge in [-0.3, -0.25) is 10.1 Å². The number of nitrogens with one attached hydrogen (secondary N) is 3. The molecule has 116 valence electrons. The number of rotatable bonds is 6. The summed E-state index contributed by atoms with van der Waals surface area (Å²) in [5.41, 5.74) is 0.986. The highest BCUT2D eigenvalue weighted by molar-refractivity contribution is 6.30. The Balaban J connectivity index is 2.37. The number of carbonyl (C=O) groups is 2. The van der Waals surface area contributed by atoms with E-state index in [1.165, 1.54) is 0 Å². The van der Waals surface area contributed by atoms with Gasteiger partial charge in [-0.2, -0.15) is 0 Å². The average molecular weight is 312 g/mol. The lowest BCUT2D eigenvalue weighted by molar-refractivity contribution is -0.119. The molecule has 0 unspecified atom stereocenters. The molecular formula is C15H22ClN3O2. The van der Waals surface area contributed by atoms with Crippen LogP contribution in [0.4, 0.5) is 4.79 Å². The number of hydrogen-bond donors (Lipinski definition) is 3. The molecule has 0 fully saturated rings. The van der Waals surface area contributed by atoms with E-state index >= 15 is 0 Å². The van der Waals surface area contributed by atoms with Crippen LogP contribution in [0, 0.1) is 0 Å². The fourth-order valence-electron chi connectivity index (χ4n) is 1.67. The first-order chi connectivity index (χ1) is 9.92. The van der Waals surface area contributed by atoms with Gasteiger partial charge in [0.05, 0.1) is 6.54 Å². The molecule has 1 aromatic carbocycles. The van der Waals surface area contributed by atoms with E-state index in [9.17, 15) is 9.59 Å². The minimum Gasteiger partial charge on any atom is -0.335 e. The largest absolute Gasteiger partial charge is 0.335 e. The molecule has 0 saturated carbocycles. The predicted octanol–water partition coefficient (Wildman–Crippen LogP) is 2.61. The van der Waals surface area contributed by atoms with Crippen molar-refractivity contribution in [2.24, 2.45) is 0 Å². The second-order valence-electron chi connectivity index (χ2n) is 4.99. The lowest BCUT2D eigenvalue weighted by Crippen LogP contribution is -2.46. The van der Waals surface area contributed by atoms with Crippen molar-refractivity contribution in [2.45, 2.75) is 39.3 Å². The molecule has 0 aromatic heterocycles. The monoisotopic (exact) mass is 311 g/mol. The summed E-state index contributed by atoms with van der Waals surface area (Å²) in [6.45, 7) is 5.82. The number of halogens is 1. The van der Waals surface area contributed by atoms with Gasteiger partial charge in [-0.15, -0.1) is 0 Å². The Morgan fingerprint density at radius 3 is 2.62 bits per heavy atom. The van der Waals surface area contributed by atoms with Crippen LogP contribution in [0.1, 0.15) is 38.8 Å². The number of benzene rings is 1. The third-order valence-electron chi connectivity index (χ3n) is 3.16. The highest BCUT2D eigenvalue weighted by atomic mass is 35.5. The van der Waals surface area contributed by atoms with Crippen molar-refractivity contribution in [1.29, 1.82) is 0 Å². The van der Waals surface area contributed by atoms with E-state index in [1.54, 1.807) is 6.07 Å². The molecule has 0 radical (unpaired) electrons. The molecular weight excluding hydrogens is 290 g/mol. The van der Waals surface area contributed by atoms with Gasteiger partial charge in [0.25, 0.3) is 0 Å². The van der Waals surface area contributed by atoms with Gasteiger partial charge in [0.2, 0.25) is 5.91 Å². The van der Waals surface area contributed by atoms with E-state index < -0.39 is 6.03 Å². The number of urea groups is 1. The molecule has 0 aliphatic carbocycles. The maximum Gasteiger partial charge on any atom is 0.321 e. The number of carbonyl (C=O) groups excluding carboxylic acids is 2. The van der Waals surface area contributed by atoms with Gasteiger partial charge in [-0.05, 0) is 38.0 Å². The average Bonchev–Trinajstić information content (AvgIpc) is 2.44. The highest BCUT2D eigenvalue weighted by Gasteiger charge is 2.11. The summed E-state index contributed by atoms with van der Waals surface area (Å²) < 4.78 is 0. The first-order valence-corrected chi connectivity index (χ1v) is 7.39. The summed E-state index contributed by atoms with van der Waals surface area (Å²) in [5, 5.41) is 8.66. The Morgan fingerprint density at radius 2 is 2.00 bits per heavy atom. The Labute approximate surface area is 130 Å². The summed E-state index contributed by atoms with van der Waals surface area (Å²) in [7, 11) is 0. The van der Waals surface area contributed by atoms with Crippen molar-refractivity contribution in [2.75, 3.05) is 6.54 Å². The van der Waals surface area contributed by atoms with Crippen LogP contribution in [0.5, 0.6) is 0 Å². The SMILES string of the molecule is CC[C@H](C)NC(=O)NC(=O)CN[C@@H](C)c1cccc(Cl)c1. The fourth-order valence-corrected chi connectivity index (χ4v) is 1.87. The molecule has 6 heteroatoms. The molecule has 0 bridgehead atoms. The van der Waals surface area contributed by atoms with Crippen molar-refractivity contribution in [3.8, 4) is 0 Å². The zero-order valence-electron chi connectivity index (χ0n) is 12.6.